The van der Waals surface area contributed by atoms with Crippen LogP contribution in [0.4, 0.5) is 0 Å². The summed E-state index contributed by atoms with van der Waals surface area (Å²) in [6.45, 7) is 31.5. The quantitative estimate of drug-likeness (QED) is 0.184. The predicted molar refractivity (Wildman–Crippen MR) is 76.4 cm³/mol. The monoisotopic (exact) mass is 632 g/mol. The summed E-state index contributed by atoms with van der Waals surface area (Å²) >= 11 is 1.29. The second-order valence-corrected chi connectivity index (χ2v) is 4.48. The third kappa shape index (κ3) is 133. The molecule has 0 aromatic heterocycles. The van der Waals surface area contributed by atoms with Crippen LogP contribution < -0.4 is 0 Å². The first-order valence-electron chi connectivity index (χ1n) is 5.75. The van der Waals surface area contributed by atoms with Crippen LogP contribution in [0.25, 0.3) is 0 Å². The van der Waals surface area contributed by atoms with Crippen LogP contribution in [0.3, 0.4) is 0 Å². The van der Waals surface area contributed by atoms with Gasteiger partial charge in [-0.2, -0.15) is 0 Å². The number of nitrogens with zero attached hydrogens (tertiary/aromatic N) is 1. The van der Waals surface area contributed by atoms with E-state index in [9.17, 15) is 0 Å². The molecule has 0 heterocycles. The molecule has 0 N–H and O–H groups in total. The zero-order chi connectivity index (χ0) is 23.4. The van der Waals surface area contributed by atoms with Gasteiger partial charge in [0.25, 0.3) is 0 Å². The first-order valence-corrected chi connectivity index (χ1v) is 7.22. The summed E-state index contributed by atoms with van der Waals surface area (Å²) < 4.78 is 53.4. The van der Waals surface area contributed by atoms with Crippen LogP contribution in [-0.2, 0) is 71.4 Å². The van der Waals surface area contributed by atoms with E-state index in [0.29, 0.717) is 0 Å². The zero-order valence-corrected chi connectivity index (χ0v) is 19.3. The van der Waals surface area contributed by atoms with Gasteiger partial charge in [-0.05, 0) is 0 Å². The average Bonchev–Trinajstić information content (AvgIpc) is 3.38. The van der Waals surface area contributed by atoms with Gasteiger partial charge in [0.1, 0.15) is 0 Å². The summed E-state index contributed by atoms with van der Waals surface area (Å²) in [4.78, 5) is 1.88. The Morgan fingerprint density at radius 1 is 0.630 bits per heavy atom. The van der Waals surface area contributed by atoms with E-state index in [4.69, 9.17) is 39.0 Å². The van der Waals surface area contributed by atoms with Crippen LogP contribution in [-0.4, -0.2) is 23.0 Å². The Morgan fingerprint density at radius 3 is 0.815 bits per heavy atom. The summed E-state index contributed by atoms with van der Waals surface area (Å²) in [5.74, 6) is 2.29. The Bertz CT molecular complexity index is 359. The number of hydrogen-bond acceptors (Lipinski definition) is 1. The van der Waals surface area contributed by atoms with Crippen LogP contribution in [0, 0.1) is 58.9 Å². The molecule has 1 aliphatic rings. The molecule has 0 bridgehead atoms. The molecule has 0 aliphatic heterocycles. The van der Waals surface area contributed by atoms with Crippen molar-refractivity contribution in [1.82, 2.24) is 4.90 Å². The van der Waals surface area contributed by atoms with Gasteiger partial charge in [0.05, 0.1) is 0 Å². The first kappa shape index (κ1) is 56.2. The van der Waals surface area contributed by atoms with Crippen molar-refractivity contribution in [1.29, 1.82) is 0 Å². The molecular weight excluding hydrogens is 615 g/mol. The molecule has 0 aromatic rings. The maximum absolute atomic E-state index is 7.50. The summed E-state index contributed by atoms with van der Waals surface area (Å²) in [5, 5.41) is 0. The predicted octanol–water partition coefficient (Wildman–Crippen LogP) is 1.50. The molecule has 0 spiro atoms. The van der Waals surface area contributed by atoms with E-state index in [1.54, 1.807) is 0 Å². The fourth-order valence-electron chi connectivity index (χ4n) is 0.996. The maximum atomic E-state index is 7.50. The largest absolute Gasteiger partial charge is 2.00 e. The van der Waals surface area contributed by atoms with E-state index in [1.165, 1.54) is 51.5 Å². The molecule has 1 fully saturated rings. The van der Waals surface area contributed by atoms with Crippen molar-refractivity contribution in [3.05, 3.63) is 53.0 Å². The van der Waals surface area contributed by atoms with Crippen LogP contribution in [0.1, 0.15) is 32.1 Å². The summed E-state index contributed by atoms with van der Waals surface area (Å²) in [6, 6.07) is 0. The molecule has 0 atom stereocenters. The summed E-state index contributed by atoms with van der Waals surface area (Å²) in [5.41, 5.74) is 0. The normalized spacial score (nSPS) is 7.11. The van der Waals surface area contributed by atoms with Gasteiger partial charge < -0.3 is 0 Å². The minimum atomic E-state index is 0. The zero-order valence-electron chi connectivity index (χ0n) is 14.6. The van der Waals surface area contributed by atoms with Gasteiger partial charge in [0.15, 0.2) is 0 Å². The van der Waals surface area contributed by atoms with Gasteiger partial charge in [-0.15, -0.1) is 0 Å². The Hall–Kier alpha value is -1.12. The van der Waals surface area contributed by atoms with Crippen molar-refractivity contribution >= 4 is 4.02 Å². The van der Waals surface area contributed by atoms with Crippen molar-refractivity contribution in [2.24, 2.45) is 0 Å². The second kappa shape index (κ2) is 120. The topological polar surface area (TPSA) is 143 Å². The van der Waals surface area contributed by atoms with Gasteiger partial charge in [-0.3, -0.25) is 0 Å². The average molecular weight is 631 g/mol. The molecule has 1 saturated carbocycles. The van der Waals surface area contributed by atoms with E-state index in [2.05, 4.69) is 52.5 Å². The maximum Gasteiger partial charge on any atom is 2.00 e. The summed E-state index contributed by atoms with van der Waals surface area (Å²) in [7, 11) is 3.81. The molecule has 1 aliphatic carbocycles. The standard InChI is InChI=1S/C5H6N.C5H10.7CO.Ru.W/c1-4-5-6(2)3;1-2-4-5-3-1;7*1-2;;/h2-3H3;1-5H2;;;;;;;;;/q-1;;;;;;;;;+2;. The number of hydrogen-bond donors (Lipinski definition) is 0. The van der Waals surface area contributed by atoms with Crippen LogP contribution >= 0.6 is 0 Å². The van der Waals surface area contributed by atoms with Gasteiger partial charge in [0.2, 0.25) is 0 Å². The van der Waals surface area contributed by atoms with E-state index < -0.39 is 0 Å². The van der Waals surface area contributed by atoms with Gasteiger partial charge in [-0.1, -0.05) is 32.1 Å². The molecule has 10 heteroatoms. The molecule has 0 amide bonds. The molecule has 0 saturated heterocycles. The Balaban J connectivity index is -0.0000000208. The third-order valence-electron chi connectivity index (χ3n) is 1.76. The first-order chi connectivity index (χ1) is 12.7. The van der Waals surface area contributed by atoms with Gasteiger partial charge in [0, 0.05) is 0 Å². The third-order valence-corrected chi connectivity index (χ3v) is 3.44. The van der Waals surface area contributed by atoms with Crippen molar-refractivity contribution in [2.75, 3.05) is 14.1 Å². The van der Waals surface area contributed by atoms with Crippen molar-refractivity contribution in [3.8, 4) is 5.92 Å². The van der Waals surface area contributed by atoms with E-state index in [0.717, 1.165) is 4.02 Å². The molecular formula is C17H16NO7RuW+. The Kier molecular flexibility index (Phi) is 250. The van der Waals surface area contributed by atoms with Crippen LogP contribution in [0.5, 0.6) is 0 Å². The SMILES string of the molecule is C1CCCC1.[C-]#C[C](=[W])N(C)C.[C-]#[O+].[C-]#[O+].[C-]#[O+].[C-]#[O+].[C-]#[O+].[C-]#[O+].[C-]#[O+].[Ru+2]. The fourth-order valence-corrected chi connectivity index (χ4v) is 0.996. The minimum Gasteiger partial charge on any atom is 2.00 e. The van der Waals surface area contributed by atoms with E-state index in [-0.39, 0.29) is 19.5 Å². The van der Waals surface area contributed by atoms with Gasteiger partial charge >= 0.3 is 153 Å². The molecule has 8 nitrogen and oxygen atoms in total. The van der Waals surface area contributed by atoms with E-state index in [1.807, 2.05) is 19.0 Å². The van der Waals surface area contributed by atoms with Crippen molar-refractivity contribution in [3.63, 3.8) is 0 Å². The fraction of sp³-hybridized carbons (Fsp3) is 0.412. The summed E-state index contributed by atoms with van der Waals surface area (Å²) in [6.07, 6.45) is 14.1. The number of rotatable bonds is 1. The van der Waals surface area contributed by atoms with Crippen LogP contribution in [0.15, 0.2) is 0 Å². The minimum absolute atomic E-state index is 0. The molecule has 144 valence electrons. The smallest absolute Gasteiger partial charge is 2.00 e. The Labute approximate surface area is 185 Å². The van der Waals surface area contributed by atoms with Crippen molar-refractivity contribution < 1.29 is 71.4 Å². The van der Waals surface area contributed by atoms with Crippen LogP contribution in [0.2, 0.25) is 0 Å². The molecule has 0 aromatic carbocycles. The molecule has 0 radical (unpaired) electrons. The molecule has 0 unspecified atom stereocenters. The van der Waals surface area contributed by atoms with Gasteiger partial charge in [-0.25, -0.2) is 0 Å². The van der Waals surface area contributed by atoms with Crippen molar-refractivity contribution in [2.45, 2.75) is 32.1 Å². The van der Waals surface area contributed by atoms with E-state index >= 15 is 0 Å². The Morgan fingerprint density at radius 2 is 0.778 bits per heavy atom. The molecule has 27 heavy (non-hydrogen) atoms. The second-order valence-electron chi connectivity index (χ2n) is 3.09. The molecule has 1 rings (SSSR count).